The van der Waals surface area contributed by atoms with E-state index in [9.17, 15) is 0 Å². The van der Waals surface area contributed by atoms with E-state index < -0.39 is 0 Å². The van der Waals surface area contributed by atoms with Crippen LogP contribution in [0, 0.1) is 19.8 Å². The van der Waals surface area contributed by atoms with E-state index in [0.29, 0.717) is 0 Å². The third-order valence-electron chi connectivity index (χ3n) is 8.56. The highest BCUT2D eigenvalue weighted by molar-refractivity contribution is 6.12. The Balaban J connectivity index is 0.000000330. The van der Waals surface area contributed by atoms with Gasteiger partial charge in [-0.3, -0.25) is 0 Å². The van der Waals surface area contributed by atoms with Crippen LogP contribution in [0.1, 0.15) is 98.9 Å². The zero-order valence-electron chi connectivity index (χ0n) is 33.9. The second kappa shape index (κ2) is 24.8. The minimum Gasteiger partial charge on any atom is -0.233 e. The Bertz CT molecular complexity index is 2080. The number of hydrogen-bond donors (Lipinski definition) is 0. The number of hydrogen-bond acceptors (Lipinski definition) is 2. The molecule has 0 unspecified atom stereocenters. The van der Waals surface area contributed by atoms with Gasteiger partial charge >= 0.3 is 0 Å². The zero-order valence-corrected chi connectivity index (χ0v) is 33.9. The molecule has 0 N–H and O–H groups in total. The molecule has 0 aliphatic heterocycles. The van der Waals surface area contributed by atoms with E-state index in [1.54, 1.807) is 0 Å². The summed E-state index contributed by atoms with van der Waals surface area (Å²) < 4.78 is 0. The summed E-state index contributed by atoms with van der Waals surface area (Å²) in [5.41, 5.74) is 11.7. The highest BCUT2D eigenvalue weighted by Gasteiger charge is 2.22. The van der Waals surface area contributed by atoms with E-state index in [4.69, 9.17) is 0 Å². The molecule has 4 aromatic rings. The monoisotopic (exact) mass is 702 g/mol. The fourth-order valence-corrected chi connectivity index (χ4v) is 6.56. The quantitative estimate of drug-likeness (QED) is 0.135. The number of benzene rings is 3. The molecule has 0 atom stereocenters. The van der Waals surface area contributed by atoms with Crippen LogP contribution in [0.25, 0.3) is 44.9 Å². The molecular formula is C51H62N2. The first kappa shape index (κ1) is 43.9. The predicted octanol–water partition coefficient (Wildman–Crippen LogP) is 13.2. The average Bonchev–Trinajstić information content (AvgIpc) is 3.33. The Hall–Kier alpha value is -5.26. The van der Waals surface area contributed by atoms with E-state index in [2.05, 4.69) is 164 Å². The second-order valence-corrected chi connectivity index (χ2v) is 11.8. The molecule has 3 aromatic carbocycles. The molecule has 0 spiro atoms. The van der Waals surface area contributed by atoms with Crippen LogP contribution in [0.4, 0.5) is 0 Å². The molecular weight excluding hydrogens is 641 g/mol. The van der Waals surface area contributed by atoms with Gasteiger partial charge in [0.05, 0.1) is 11.2 Å². The predicted molar refractivity (Wildman–Crippen MR) is 237 cm³/mol. The van der Waals surface area contributed by atoms with Crippen LogP contribution in [-0.4, -0.2) is 9.97 Å². The van der Waals surface area contributed by atoms with Gasteiger partial charge in [0.1, 0.15) is 5.82 Å². The fourth-order valence-electron chi connectivity index (χ4n) is 6.56. The van der Waals surface area contributed by atoms with Crippen molar-refractivity contribution in [2.45, 2.75) is 101 Å². The van der Waals surface area contributed by atoms with Crippen LogP contribution in [-0.2, 0) is 6.42 Å². The van der Waals surface area contributed by atoms with E-state index >= 15 is 0 Å². The van der Waals surface area contributed by atoms with Gasteiger partial charge < -0.3 is 0 Å². The Morgan fingerprint density at radius 1 is 0.660 bits per heavy atom. The summed E-state index contributed by atoms with van der Waals surface area (Å²) in [6.45, 7) is 18.4. The molecule has 7 rings (SSSR count). The molecule has 0 amide bonds. The Labute approximate surface area is 321 Å². The summed E-state index contributed by atoms with van der Waals surface area (Å²) in [6, 6.07) is 21.5. The van der Waals surface area contributed by atoms with Crippen molar-refractivity contribution in [3.05, 3.63) is 154 Å². The molecule has 1 heterocycles. The minimum atomic E-state index is 0.835. The largest absolute Gasteiger partial charge is 0.233 e. The van der Waals surface area contributed by atoms with Crippen molar-refractivity contribution in [2.75, 3.05) is 0 Å². The maximum absolute atomic E-state index is 4.60. The van der Waals surface area contributed by atoms with Gasteiger partial charge in [-0.15, -0.1) is 12.8 Å². The molecule has 2 nitrogen and oxygen atoms in total. The number of fused-ring (bicyclic) bond motifs is 3. The lowest BCUT2D eigenvalue weighted by atomic mass is 9.95. The van der Waals surface area contributed by atoms with Gasteiger partial charge in [-0.05, 0) is 88.9 Å². The second-order valence-electron chi connectivity index (χ2n) is 11.8. The minimum absolute atomic E-state index is 0.835. The third kappa shape index (κ3) is 11.6. The molecule has 0 saturated heterocycles. The van der Waals surface area contributed by atoms with Gasteiger partial charge in [-0.1, -0.05) is 183 Å². The summed E-state index contributed by atoms with van der Waals surface area (Å²) >= 11 is 0. The Kier molecular flexibility index (Phi) is 20.6. The number of allylic oxidation sites excluding steroid dienone is 12. The molecule has 3 aliphatic carbocycles. The number of terminal acetylenes is 1. The first-order valence-corrected chi connectivity index (χ1v) is 19.7. The van der Waals surface area contributed by atoms with Gasteiger partial charge in [-0.2, -0.15) is 0 Å². The zero-order chi connectivity index (χ0) is 39.0. The lowest BCUT2D eigenvalue weighted by Gasteiger charge is -2.09. The molecule has 276 valence electrons. The van der Waals surface area contributed by atoms with E-state index in [1.807, 2.05) is 48.5 Å². The highest BCUT2D eigenvalue weighted by atomic mass is 14.9. The number of rotatable bonds is 5. The number of nitrogens with zero attached hydrogens (tertiary/aromatic N) is 2. The molecule has 3 aliphatic rings. The summed E-state index contributed by atoms with van der Waals surface area (Å²) in [5.74, 6) is 0.835. The molecule has 0 fully saturated rings. The molecule has 2 heteroatoms. The van der Waals surface area contributed by atoms with E-state index in [1.165, 1.54) is 61.2 Å². The highest BCUT2D eigenvalue weighted by Crippen LogP contribution is 2.45. The van der Waals surface area contributed by atoms with Crippen LogP contribution in [0.5, 0.6) is 0 Å². The first-order valence-electron chi connectivity index (χ1n) is 19.7. The van der Waals surface area contributed by atoms with Gasteiger partial charge in [0.25, 0.3) is 0 Å². The van der Waals surface area contributed by atoms with Crippen LogP contribution >= 0.6 is 0 Å². The van der Waals surface area contributed by atoms with Crippen molar-refractivity contribution in [3.8, 4) is 35.2 Å². The Morgan fingerprint density at radius 2 is 1.32 bits per heavy atom. The van der Waals surface area contributed by atoms with Crippen LogP contribution < -0.4 is 10.4 Å². The van der Waals surface area contributed by atoms with Crippen molar-refractivity contribution in [1.29, 1.82) is 0 Å². The summed E-state index contributed by atoms with van der Waals surface area (Å²) in [6.07, 6.45) is 39.2. The van der Waals surface area contributed by atoms with Crippen molar-refractivity contribution >= 4 is 22.6 Å². The standard InChI is InChI=1S/C28H32.C15H10N2.3C2H6.C2H2/c1-3-5-6-7-9-16-25-20-13-19-24(14-4-2)28(25)27-21-12-18-23-15-10-8-11-17-26(23)22-27;1-9-16-13-8-4-7-11-10-5-2-3-6-12(10)15(17-9)14(11)13;4*1-2/h5-7,9-13,15-17,19-21H,3-4,8,14,18,22H2,1-2H3;2-8H,1H3;3*1-2H3;1-2H/b6-5-,9-7-,25-16+,28-27-;;;;;. The maximum Gasteiger partial charge on any atom is 0.126 e. The van der Waals surface area contributed by atoms with Crippen molar-refractivity contribution in [3.63, 3.8) is 0 Å². The number of aryl methyl sites for hydroxylation is 2. The molecule has 53 heavy (non-hydrogen) atoms. The lowest BCUT2D eigenvalue weighted by molar-refractivity contribution is 0.911. The molecule has 0 radical (unpaired) electrons. The van der Waals surface area contributed by atoms with Crippen molar-refractivity contribution in [2.24, 2.45) is 0 Å². The molecule has 0 bridgehead atoms. The smallest absolute Gasteiger partial charge is 0.126 e. The summed E-state index contributed by atoms with van der Waals surface area (Å²) in [7, 11) is 0. The first-order chi connectivity index (χ1) is 26.2. The van der Waals surface area contributed by atoms with Gasteiger partial charge in [0, 0.05) is 10.9 Å². The maximum atomic E-state index is 4.60. The average molecular weight is 703 g/mol. The Morgan fingerprint density at radius 3 is 2.04 bits per heavy atom. The SMILES string of the molecule is C#C.CC.CC.CC.CC\C=C/C=C\C=c1/cccc(CCC)/c1=C1\C=CCC2=C(C=CCC=C2)C1.Cc1nc2c3c(cccc3n1)-c1ccccc1-2. The van der Waals surface area contributed by atoms with Crippen molar-refractivity contribution < 1.29 is 0 Å². The fraction of sp³-hybridized carbons (Fsp3) is 0.294. The van der Waals surface area contributed by atoms with Crippen LogP contribution in [0.15, 0.2) is 133 Å². The molecule has 0 saturated carbocycles. The van der Waals surface area contributed by atoms with Gasteiger partial charge in [0.15, 0.2) is 0 Å². The summed E-state index contributed by atoms with van der Waals surface area (Å²) in [5, 5.41) is 3.95. The molecule has 1 aromatic heterocycles. The van der Waals surface area contributed by atoms with Crippen molar-refractivity contribution in [1.82, 2.24) is 9.97 Å². The summed E-state index contributed by atoms with van der Waals surface area (Å²) in [4.78, 5) is 9.11. The third-order valence-corrected chi connectivity index (χ3v) is 8.56. The van der Waals surface area contributed by atoms with Gasteiger partial charge in [0.2, 0.25) is 0 Å². The van der Waals surface area contributed by atoms with E-state index in [0.717, 1.165) is 49.1 Å². The topological polar surface area (TPSA) is 25.8 Å². The van der Waals surface area contributed by atoms with Gasteiger partial charge in [-0.25, -0.2) is 9.97 Å². The lowest BCUT2D eigenvalue weighted by Crippen LogP contribution is -2.30. The number of aromatic nitrogens is 2. The van der Waals surface area contributed by atoms with E-state index in [-0.39, 0.29) is 0 Å². The van der Waals surface area contributed by atoms with Crippen LogP contribution in [0.3, 0.4) is 0 Å². The normalized spacial score (nSPS) is 14.5. The van der Waals surface area contributed by atoms with Crippen LogP contribution in [0.2, 0.25) is 0 Å².